The predicted molar refractivity (Wildman–Crippen MR) is 66.7 cm³/mol. The number of aromatic nitrogens is 1. The van der Waals surface area contributed by atoms with Crippen LogP contribution in [0.25, 0.3) is 11.3 Å². The third-order valence-corrected chi connectivity index (χ3v) is 2.85. The fourth-order valence-electron chi connectivity index (χ4n) is 1.88. The Morgan fingerprint density at radius 1 is 1.12 bits per heavy atom. The summed E-state index contributed by atoms with van der Waals surface area (Å²) in [5.41, 5.74) is 9.34. The van der Waals surface area contributed by atoms with Crippen LogP contribution in [0.3, 0.4) is 0 Å². The normalized spacial score (nSPS) is 13.0. The van der Waals surface area contributed by atoms with Crippen molar-refractivity contribution in [2.75, 3.05) is 12.5 Å². The molecule has 4 nitrogen and oxygen atoms in total. The summed E-state index contributed by atoms with van der Waals surface area (Å²) in [4.78, 5) is 4.56. The van der Waals surface area contributed by atoms with E-state index < -0.39 is 0 Å². The van der Waals surface area contributed by atoms with Gasteiger partial charge in [0.05, 0.1) is 12.8 Å². The minimum Gasteiger partial charge on any atom is -0.497 e. The maximum atomic E-state index is 5.14. The molecule has 0 bridgehead atoms. The van der Waals surface area contributed by atoms with E-state index in [1.165, 1.54) is 5.56 Å². The van der Waals surface area contributed by atoms with E-state index in [-0.39, 0.29) is 0 Å². The number of rotatable bonds is 2. The first kappa shape index (κ1) is 10.1. The summed E-state index contributed by atoms with van der Waals surface area (Å²) >= 11 is 0. The Bertz CT molecular complexity index is 537. The van der Waals surface area contributed by atoms with E-state index in [1.807, 2.05) is 30.3 Å². The van der Waals surface area contributed by atoms with Gasteiger partial charge < -0.3 is 10.2 Å². The second-order valence-corrected chi connectivity index (χ2v) is 3.91. The van der Waals surface area contributed by atoms with Gasteiger partial charge >= 0.3 is 0 Å². The van der Waals surface area contributed by atoms with Crippen molar-refractivity contribution in [2.45, 2.75) is 6.54 Å². The number of ether oxygens (including phenoxy) is 1. The number of nitrogens with one attached hydrogen (secondary N) is 2. The van der Waals surface area contributed by atoms with Crippen LogP contribution in [0.15, 0.2) is 36.4 Å². The van der Waals surface area contributed by atoms with Gasteiger partial charge in [-0.15, -0.1) is 0 Å². The molecule has 0 aliphatic carbocycles. The standard InChI is InChI=1S/C13H13N3O/c1-17-11-5-2-9(3-6-11)12-7-4-10-8-14-16-13(10)15-12/h2-7,14H,8H2,1H3,(H,15,16). The molecule has 0 saturated heterocycles. The first-order valence-corrected chi connectivity index (χ1v) is 5.50. The zero-order valence-corrected chi connectivity index (χ0v) is 9.53. The van der Waals surface area contributed by atoms with Crippen molar-refractivity contribution in [3.8, 4) is 17.0 Å². The molecule has 0 radical (unpaired) electrons. The summed E-state index contributed by atoms with van der Waals surface area (Å²) in [6.07, 6.45) is 0. The van der Waals surface area contributed by atoms with Gasteiger partial charge in [-0.25, -0.2) is 10.4 Å². The molecule has 0 fully saturated rings. The molecular formula is C13H13N3O. The van der Waals surface area contributed by atoms with Gasteiger partial charge in [0.15, 0.2) is 0 Å². The summed E-state index contributed by atoms with van der Waals surface area (Å²) in [6.45, 7) is 0.825. The highest BCUT2D eigenvalue weighted by Crippen LogP contribution is 2.25. The highest BCUT2D eigenvalue weighted by Gasteiger charge is 2.11. The van der Waals surface area contributed by atoms with E-state index in [2.05, 4.69) is 21.9 Å². The van der Waals surface area contributed by atoms with E-state index in [1.54, 1.807) is 7.11 Å². The highest BCUT2D eigenvalue weighted by molar-refractivity contribution is 5.64. The first-order chi connectivity index (χ1) is 8.36. The van der Waals surface area contributed by atoms with Gasteiger partial charge in [0, 0.05) is 17.7 Å². The van der Waals surface area contributed by atoms with Crippen molar-refractivity contribution < 1.29 is 4.74 Å². The third-order valence-electron chi connectivity index (χ3n) is 2.85. The van der Waals surface area contributed by atoms with Gasteiger partial charge in [-0.3, -0.25) is 0 Å². The van der Waals surface area contributed by atoms with Crippen molar-refractivity contribution in [1.82, 2.24) is 10.4 Å². The van der Waals surface area contributed by atoms with Crippen LogP contribution in [-0.4, -0.2) is 12.1 Å². The lowest BCUT2D eigenvalue weighted by atomic mass is 10.1. The molecule has 2 N–H and O–H groups in total. The van der Waals surface area contributed by atoms with Gasteiger partial charge in [0.1, 0.15) is 11.6 Å². The number of benzene rings is 1. The molecule has 0 saturated carbocycles. The fourth-order valence-corrected chi connectivity index (χ4v) is 1.88. The highest BCUT2D eigenvalue weighted by atomic mass is 16.5. The number of hydrogen-bond acceptors (Lipinski definition) is 4. The van der Waals surface area contributed by atoms with Gasteiger partial charge in [0.25, 0.3) is 0 Å². The lowest BCUT2D eigenvalue weighted by molar-refractivity contribution is 0.415. The van der Waals surface area contributed by atoms with Crippen molar-refractivity contribution in [3.63, 3.8) is 0 Å². The summed E-state index contributed by atoms with van der Waals surface area (Å²) in [6, 6.07) is 12.0. The summed E-state index contributed by atoms with van der Waals surface area (Å²) in [5, 5.41) is 0. The number of methoxy groups -OCH3 is 1. The predicted octanol–water partition coefficient (Wildman–Crippen LogP) is 2.19. The van der Waals surface area contributed by atoms with Crippen LogP contribution in [-0.2, 0) is 6.54 Å². The second-order valence-electron chi connectivity index (χ2n) is 3.91. The Hall–Kier alpha value is -2.07. The number of anilines is 1. The average Bonchev–Trinajstić information content (AvgIpc) is 2.86. The summed E-state index contributed by atoms with van der Waals surface area (Å²) in [7, 11) is 1.66. The molecule has 2 heterocycles. The molecule has 0 atom stereocenters. The molecule has 4 heteroatoms. The van der Waals surface area contributed by atoms with Crippen LogP contribution in [0.4, 0.5) is 5.82 Å². The van der Waals surface area contributed by atoms with Crippen molar-refractivity contribution in [1.29, 1.82) is 0 Å². The van der Waals surface area contributed by atoms with E-state index in [9.17, 15) is 0 Å². The van der Waals surface area contributed by atoms with Crippen molar-refractivity contribution in [2.24, 2.45) is 0 Å². The van der Waals surface area contributed by atoms with E-state index >= 15 is 0 Å². The number of fused-ring (bicyclic) bond motifs is 1. The van der Waals surface area contributed by atoms with Crippen LogP contribution in [0.1, 0.15) is 5.56 Å². The Balaban J connectivity index is 1.97. The van der Waals surface area contributed by atoms with Gasteiger partial charge in [0.2, 0.25) is 0 Å². The van der Waals surface area contributed by atoms with Gasteiger partial charge in [-0.05, 0) is 30.3 Å². The van der Waals surface area contributed by atoms with Crippen LogP contribution in [0, 0.1) is 0 Å². The fraction of sp³-hybridized carbons (Fsp3) is 0.154. The van der Waals surface area contributed by atoms with E-state index in [0.717, 1.165) is 29.4 Å². The Kier molecular flexibility index (Phi) is 2.42. The summed E-state index contributed by atoms with van der Waals surface area (Å²) in [5.74, 6) is 1.77. The minimum atomic E-state index is 0.825. The number of pyridine rings is 1. The molecule has 1 aromatic heterocycles. The molecule has 17 heavy (non-hydrogen) atoms. The zero-order valence-electron chi connectivity index (χ0n) is 9.53. The monoisotopic (exact) mass is 227 g/mol. The van der Waals surface area contributed by atoms with Gasteiger partial charge in [-0.2, -0.15) is 0 Å². The van der Waals surface area contributed by atoms with Crippen LogP contribution in [0.2, 0.25) is 0 Å². The molecule has 1 aromatic carbocycles. The Labute approximate surface area is 99.6 Å². The summed E-state index contributed by atoms with van der Waals surface area (Å²) < 4.78 is 5.14. The Morgan fingerprint density at radius 3 is 2.71 bits per heavy atom. The minimum absolute atomic E-state index is 0.825. The SMILES string of the molecule is COc1ccc(-c2ccc3c(n2)NNC3)cc1. The van der Waals surface area contributed by atoms with Crippen LogP contribution < -0.4 is 15.6 Å². The largest absolute Gasteiger partial charge is 0.497 e. The Morgan fingerprint density at radius 2 is 1.94 bits per heavy atom. The average molecular weight is 227 g/mol. The number of hydrazine groups is 1. The second kappa shape index (κ2) is 4.07. The zero-order chi connectivity index (χ0) is 11.7. The molecule has 0 spiro atoms. The van der Waals surface area contributed by atoms with Crippen LogP contribution in [0.5, 0.6) is 5.75 Å². The van der Waals surface area contributed by atoms with E-state index in [0.29, 0.717) is 0 Å². The van der Waals surface area contributed by atoms with Gasteiger partial charge in [-0.1, -0.05) is 6.07 Å². The van der Waals surface area contributed by atoms with Crippen LogP contribution >= 0.6 is 0 Å². The molecule has 3 rings (SSSR count). The molecule has 1 aliphatic rings. The maximum Gasteiger partial charge on any atom is 0.145 e. The smallest absolute Gasteiger partial charge is 0.145 e. The lowest BCUT2D eigenvalue weighted by Crippen LogP contribution is -2.11. The van der Waals surface area contributed by atoms with Crippen molar-refractivity contribution in [3.05, 3.63) is 42.0 Å². The first-order valence-electron chi connectivity index (χ1n) is 5.50. The van der Waals surface area contributed by atoms with E-state index in [4.69, 9.17) is 4.74 Å². The lowest BCUT2D eigenvalue weighted by Gasteiger charge is -2.05. The molecular weight excluding hydrogens is 214 g/mol. The van der Waals surface area contributed by atoms with Crippen molar-refractivity contribution >= 4 is 5.82 Å². The molecule has 0 amide bonds. The maximum absolute atomic E-state index is 5.14. The quantitative estimate of drug-likeness (QED) is 0.825. The molecule has 2 aromatic rings. The molecule has 0 unspecified atom stereocenters. The molecule has 1 aliphatic heterocycles. The number of nitrogens with zero attached hydrogens (tertiary/aromatic N) is 1. The molecule has 86 valence electrons. The topological polar surface area (TPSA) is 46.2 Å². The number of hydrogen-bond donors (Lipinski definition) is 2. The third kappa shape index (κ3) is 1.83.